The van der Waals surface area contributed by atoms with Crippen LogP contribution < -0.4 is 10.1 Å². The van der Waals surface area contributed by atoms with Crippen molar-refractivity contribution in [3.05, 3.63) is 79.9 Å². The molecule has 0 atom stereocenters. The number of benzene rings is 1. The Morgan fingerprint density at radius 2 is 1.87 bits per heavy atom. The Balaban J connectivity index is 1.67. The van der Waals surface area contributed by atoms with Crippen molar-refractivity contribution in [2.75, 3.05) is 7.11 Å². The summed E-state index contributed by atoms with van der Waals surface area (Å²) in [7, 11) is 1.61. The molecule has 31 heavy (non-hydrogen) atoms. The molecule has 0 aliphatic heterocycles. The fraction of sp³-hybridized carbons (Fsp3) is 0.318. The summed E-state index contributed by atoms with van der Waals surface area (Å²) in [4.78, 5) is 27.7. The number of pyridine rings is 1. The summed E-state index contributed by atoms with van der Waals surface area (Å²) in [6.45, 7) is 7.81. The number of aryl methyl sites for hydroxylation is 2. The van der Waals surface area contributed by atoms with Gasteiger partial charge in [0, 0.05) is 22.9 Å². The van der Waals surface area contributed by atoms with Crippen molar-refractivity contribution in [2.24, 2.45) is 0 Å². The molecular formula is C22H25N5O4. The summed E-state index contributed by atoms with van der Waals surface area (Å²) < 4.78 is 7.00. The van der Waals surface area contributed by atoms with Crippen molar-refractivity contribution in [3.63, 3.8) is 0 Å². The maximum Gasteiger partial charge on any atom is 0.312 e. The second-order valence-corrected chi connectivity index (χ2v) is 7.36. The van der Waals surface area contributed by atoms with Crippen molar-refractivity contribution >= 4 is 11.6 Å². The van der Waals surface area contributed by atoms with Crippen LogP contribution in [0.25, 0.3) is 0 Å². The summed E-state index contributed by atoms with van der Waals surface area (Å²) >= 11 is 0. The number of amides is 1. The minimum absolute atomic E-state index is 0.0348. The maximum absolute atomic E-state index is 12.5. The monoisotopic (exact) mass is 423 g/mol. The number of methoxy groups -OCH3 is 1. The number of nitrogens with one attached hydrogen (secondary N) is 1. The lowest BCUT2D eigenvalue weighted by Crippen LogP contribution is -2.24. The molecule has 0 unspecified atom stereocenters. The number of hydrogen-bond donors (Lipinski definition) is 1. The Morgan fingerprint density at radius 3 is 2.45 bits per heavy atom. The lowest BCUT2D eigenvalue weighted by molar-refractivity contribution is -0.386. The van der Waals surface area contributed by atoms with Crippen LogP contribution in [0.15, 0.2) is 30.5 Å². The van der Waals surface area contributed by atoms with Gasteiger partial charge in [-0.1, -0.05) is 12.1 Å². The topological polar surface area (TPSA) is 112 Å². The predicted octanol–water partition coefficient (Wildman–Crippen LogP) is 3.41. The van der Waals surface area contributed by atoms with Crippen LogP contribution >= 0.6 is 0 Å². The first-order chi connectivity index (χ1) is 14.7. The normalized spacial score (nSPS) is 10.7. The second kappa shape index (κ2) is 8.95. The van der Waals surface area contributed by atoms with E-state index in [1.54, 1.807) is 44.0 Å². The largest absolute Gasteiger partial charge is 0.496 e. The van der Waals surface area contributed by atoms with Gasteiger partial charge < -0.3 is 10.1 Å². The number of nitrogens with zero attached hydrogens (tertiary/aromatic N) is 4. The summed E-state index contributed by atoms with van der Waals surface area (Å²) in [5.41, 5.74) is 4.91. The molecule has 9 nitrogen and oxygen atoms in total. The Hall–Kier alpha value is -3.75. The number of aromatic nitrogens is 3. The van der Waals surface area contributed by atoms with E-state index >= 15 is 0 Å². The van der Waals surface area contributed by atoms with Gasteiger partial charge in [0.05, 0.1) is 30.8 Å². The number of nitro groups is 1. The van der Waals surface area contributed by atoms with E-state index in [-0.39, 0.29) is 11.6 Å². The zero-order valence-corrected chi connectivity index (χ0v) is 18.2. The van der Waals surface area contributed by atoms with Crippen molar-refractivity contribution in [1.29, 1.82) is 0 Å². The SMILES string of the molecule is COc1c(C)cnc(CNC(=O)c2ccc(Cn3nc(C)c([N+](=O)[O-])c3C)cc2)c1C. The van der Waals surface area contributed by atoms with Crippen LogP contribution in [0.3, 0.4) is 0 Å². The van der Waals surface area contributed by atoms with Crippen LogP contribution in [0.5, 0.6) is 5.75 Å². The molecule has 0 fully saturated rings. The lowest BCUT2D eigenvalue weighted by atomic mass is 10.1. The summed E-state index contributed by atoms with van der Waals surface area (Å²) in [6, 6.07) is 7.08. The van der Waals surface area contributed by atoms with Crippen LogP contribution in [0.4, 0.5) is 5.69 Å². The Labute approximate surface area is 180 Å². The van der Waals surface area contributed by atoms with Gasteiger partial charge in [0.15, 0.2) is 0 Å². The van der Waals surface area contributed by atoms with Gasteiger partial charge in [-0.25, -0.2) is 0 Å². The molecule has 0 aliphatic carbocycles. The Morgan fingerprint density at radius 1 is 1.19 bits per heavy atom. The molecular weight excluding hydrogens is 398 g/mol. The molecule has 9 heteroatoms. The molecule has 0 aliphatic rings. The molecule has 1 amide bonds. The molecule has 2 heterocycles. The summed E-state index contributed by atoms with van der Waals surface area (Å²) in [5, 5.41) is 18.3. The smallest absolute Gasteiger partial charge is 0.312 e. The number of hydrogen-bond acceptors (Lipinski definition) is 6. The van der Waals surface area contributed by atoms with Gasteiger partial charge in [-0.3, -0.25) is 24.6 Å². The molecule has 0 spiro atoms. The van der Waals surface area contributed by atoms with Crippen molar-refractivity contribution in [2.45, 2.75) is 40.8 Å². The highest BCUT2D eigenvalue weighted by Crippen LogP contribution is 2.24. The van der Waals surface area contributed by atoms with Crippen molar-refractivity contribution in [3.8, 4) is 5.75 Å². The van der Waals surface area contributed by atoms with Crippen LogP contribution in [-0.2, 0) is 13.1 Å². The number of ether oxygens (including phenoxy) is 1. The van der Waals surface area contributed by atoms with Crippen LogP contribution in [0.1, 0.15) is 44.1 Å². The fourth-order valence-corrected chi connectivity index (χ4v) is 3.56. The molecule has 0 bridgehead atoms. The molecule has 0 saturated heterocycles. The summed E-state index contributed by atoms with van der Waals surface area (Å²) in [5.74, 6) is 0.557. The van der Waals surface area contributed by atoms with E-state index in [0.29, 0.717) is 30.0 Å². The minimum atomic E-state index is -0.415. The van der Waals surface area contributed by atoms with E-state index in [9.17, 15) is 14.9 Å². The standard InChI is InChI=1S/C22H25N5O4/c1-13-10-23-19(14(2)21(13)31-5)11-24-22(28)18-8-6-17(7-9-18)12-26-16(4)20(27(29)30)15(3)25-26/h6-10H,11-12H2,1-5H3,(H,24,28). The van der Waals surface area contributed by atoms with Crippen molar-refractivity contribution < 1.29 is 14.5 Å². The highest BCUT2D eigenvalue weighted by Gasteiger charge is 2.21. The summed E-state index contributed by atoms with van der Waals surface area (Å²) in [6.07, 6.45) is 1.73. The zero-order chi connectivity index (χ0) is 22.7. The van der Waals surface area contributed by atoms with Crippen LogP contribution in [-0.4, -0.2) is 32.7 Å². The lowest BCUT2D eigenvalue weighted by Gasteiger charge is -2.13. The first-order valence-electron chi connectivity index (χ1n) is 9.77. The van der Waals surface area contributed by atoms with E-state index < -0.39 is 4.92 Å². The highest BCUT2D eigenvalue weighted by atomic mass is 16.6. The predicted molar refractivity (Wildman–Crippen MR) is 115 cm³/mol. The van der Waals surface area contributed by atoms with Gasteiger partial charge in [-0.05, 0) is 45.4 Å². The Kier molecular flexibility index (Phi) is 6.33. The van der Waals surface area contributed by atoms with Gasteiger partial charge in [0.1, 0.15) is 17.1 Å². The minimum Gasteiger partial charge on any atom is -0.496 e. The maximum atomic E-state index is 12.5. The third-order valence-corrected chi connectivity index (χ3v) is 5.24. The first-order valence-corrected chi connectivity index (χ1v) is 9.77. The highest BCUT2D eigenvalue weighted by molar-refractivity contribution is 5.94. The third-order valence-electron chi connectivity index (χ3n) is 5.24. The van der Waals surface area contributed by atoms with Gasteiger partial charge >= 0.3 is 5.69 Å². The zero-order valence-electron chi connectivity index (χ0n) is 18.2. The van der Waals surface area contributed by atoms with E-state index in [2.05, 4.69) is 15.4 Å². The molecule has 2 aromatic heterocycles. The van der Waals surface area contributed by atoms with E-state index in [4.69, 9.17) is 4.74 Å². The van der Waals surface area contributed by atoms with Crippen LogP contribution in [0.2, 0.25) is 0 Å². The van der Waals surface area contributed by atoms with Crippen LogP contribution in [0, 0.1) is 37.8 Å². The molecule has 3 rings (SSSR count). The Bertz CT molecular complexity index is 1140. The number of carbonyl (C=O) groups is 1. The van der Waals surface area contributed by atoms with E-state index in [1.165, 1.54) is 0 Å². The molecule has 3 aromatic rings. The van der Waals surface area contributed by atoms with Gasteiger partial charge in [-0.2, -0.15) is 5.10 Å². The fourth-order valence-electron chi connectivity index (χ4n) is 3.56. The van der Waals surface area contributed by atoms with E-state index in [0.717, 1.165) is 28.1 Å². The molecule has 1 aromatic carbocycles. The van der Waals surface area contributed by atoms with Gasteiger partial charge in [0.25, 0.3) is 5.91 Å². The third kappa shape index (κ3) is 4.55. The molecule has 0 saturated carbocycles. The molecule has 162 valence electrons. The van der Waals surface area contributed by atoms with E-state index in [1.807, 2.05) is 26.0 Å². The second-order valence-electron chi connectivity index (χ2n) is 7.36. The van der Waals surface area contributed by atoms with Gasteiger partial charge in [0.2, 0.25) is 0 Å². The molecule has 1 N–H and O–H groups in total. The number of rotatable bonds is 7. The molecule has 0 radical (unpaired) electrons. The van der Waals surface area contributed by atoms with Crippen molar-refractivity contribution in [1.82, 2.24) is 20.1 Å². The quantitative estimate of drug-likeness (QED) is 0.460. The average Bonchev–Trinajstić information content (AvgIpc) is 3.01. The average molecular weight is 423 g/mol. The first kappa shape index (κ1) is 21.9. The van der Waals surface area contributed by atoms with Gasteiger partial charge in [-0.15, -0.1) is 0 Å². The number of carbonyl (C=O) groups excluding carboxylic acids is 1.